The van der Waals surface area contributed by atoms with Gasteiger partial charge in [-0.15, -0.1) is 0 Å². The second-order valence-corrected chi connectivity index (χ2v) is 12.2. The van der Waals surface area contributed by atoms with Gasteiger partial charge in [0.15, 0.2) is 0 Å². The van der Waals surface area contributed by atoms with E-state index in [4.69, 9.17) is 9.05 Å². The number of benzene rings is 1. The summed E-state index contributed by atoms with van der Waals surface area (Å²) < 4.78 is 11.8. The molecule has 1 aromatic carbocycles. The van der Waals surface area contributed by atoms with Gasteiger partial charge in [-0.2, -0.15) is 0 Å². The van der Waals surface area contributed by atoms with E-state index >= 15 is 0 Å². The van der Waals surface area contributed by atoms with Crippen molar-refractivity contribution in [3.63, 3.8) is 0 Å². The Morgan fingerprint density at radius 1 is 0.649 bits per heavy atom. The second-order valence-electron chi connectivity index (χ2n) is 11.3. The summed E-state index contributed by atoms with van der Waals surface area (Å²) in [5.41, 5.74) is 4.44. The van der Waals surface area contributed by atoms with Crippen LogP contribution in [0.2, 0.25) is 0 Å². The van der Waals surface area contributed by atoms with E-state index in [-0.39, 0.29) is 0 Å². The number of hydrogen-bond donors (Lipinski definition) is 1. The Balaban J connectivity index is 2.09. The lowest BCUT2D eigenvalue weighted by atomic mass is 9.89. The van der Waals surface area contributed by atoms with Crippen LogP contribution in [0, 0.1) is 0 Å². The lowest BCUT2D eigenvalue weighted by Gasteiger charge is -2.21. The molecule has 1 unspecified atom stereocenters. The van der Waals surface area contributed by atoms with Gasteiger partial charge < -0.3 is 13.9 Å². The predicted octanol–water partition coefficient (Wildman–Crippen LogP) is 11.2. The Morgan fingerprint density at radius 2 is 1.19 bits per heavy atom. The van der Waals surface area contributed by atoms with Crippen LogP contribution >= 0.6 is 8.60 Å². The molecule has 1 aliphatic heterocycles. The highest BCUT2D eigenvalue weighted by Crippen LogP contribution is 2.40. The third-order valence-electron chi connectivity index (χ3n) is 8.01. The number of hydrogen-bond acceptors (Lipinski definition) is 3. The Bertz CT molecular complexity index is 678. The fourth-order valence-electron chi connectivity index (χ4n) is 5.70. The summed E-state index contributed by atoms with van der Waals surface area (Å²) in [5.74, 6) is 0.881. The van der Waals surface area contributed by atoms with Gasteiger partial charge in [-0.3, -0.25) is 0 Å². The molecular weight excluding hydrogens is 475 g/mol. The summed E-state index contributed by atoms with van der Waals surface area (Å²) in [7, 11) is -1.85. The summed E-state index contributed by atoms with van der Waals surface area (Å²) in [5, 5.41) is 0. The van der Waals surface area contributed by atoms with Crippen molar-refractivity contribution >= 4 is 8.60 Å². The van der Waals surface area contributed by atoms with Gasteiger partial charge in [-0.1, -0.05) is 129 Å². The number of unbranched alkanes of at least 4 members (excludes halogenated alkanes) is 12. The van der Waals surface area contributed by atoms with E-state index in [0.717, 1.165) is 25.0 Å². The third kappa shape index (κ3) is 14.9. The Kier molecular flexibility index (Phi) is 19.6. The third-order valence-corrected chi connectivity index (χ3v) is 8.77. The molecule has 1 aromatic rings. The van der Waals surface area contributed by atoms with E-state index in [9.17, 15) is 4.89 Å². The van der Waals surface area contributed by atoms with Crippen LogP contribution in [0.3, 0.4) is 0 Å². The number of aryl methyl sites for hydroxylation is 1. The van der Waals surface area contributed by atoms with Crippen LogP contribution in [0.4, 0.5) is 0 Å². The first kappa shape index (κ1) is 32.6. The molecule has 3 nitrogen and oxygen atoms in total. The van der Waals surface area contributed by atoms with Crippen molar-refractivity contribution in [2.45, 2.75) is 168 Å². The van der Waals surface area contributed by atoms with Crippen LogP contribution in [0.1, 0.15) is 165 Å². The highest BCUT2D eigenvalue weighted by atomic mass is 31.2. The van der Waals surface area contributed by atoms with E-state index in [0.29, 0.717) is 6.61 Å². The molecule has 2 rings (SSSR count). The lowest BCUT2D eigenvalue weighted by molar-refractivity contribution is 0.252. The van der Waals surface area contributed by atoms with Crippen LogP contribution in [-0.2, 0) is 23.8 Å². The molecular formula is C33H59O3P. The first-order valence-electron chi connectivity index (χ1n) is 16.2. The average molecular weight is 535 g/mol. The maximum absolute atomic E-state index is 10.5. The monoisotopic (exact) mass is 534 g/mol. The molecule has 214 valence electrons. The van der Waals surface area contributed by atoms with Crippen LogP contribution in [0.15, 0.2) is 12.1 Å². The van der Waals surface area contributed by atoms with Crippen LogP contribution < -0.4 is 4.52 Å². The molecule has 1 heterocycles. The van der Waals surface area contributed by atoms with Crippen molar-refractivity contribution in [1.29, 1.82) is 0 Å². The Morgan fingerprint density at radius 3 is 1.84 bits per heavy atom. The molecule has 0 fully saturated rings. The molecule has 0 radical (unpaired) electrons. The van der Waals surface area contributed by atoms with Gasteiger partial charge in [-0.25, -0.2) is 0 Å². The molecule has 0 saturated carbocycles. The number of fused-ring (bicyclic) bond motifs is 1. The van der Waals surface area contributed by atoms with Gasteiger partial charge in [0.05, 0.1) is 6.61 Å². The Labute approximate surface area is 231 Å². The van der Waals surface area contributed by atoms with Crippen LogP contribution in [0.25, 0.3) is 0 Å². The zero-order chi connectivity index (χ0) is 26.4. The highest BCUT2D eigenvalue weighted by Gasteiger charge is 2.18. The van der Waals surface area contributed by atoms with E-state index in [2.05, 4.69) is 26.0 Å². The van der Waals surface area contributed by atoms with Gasteiger partial charge in [0.1, 0.15) is 5.75 Å². The minimum Gasteiger partial charge on any atom is -0.427 e. The van der Waals surface area contributed by atoms with E-state index < -0.39 is 8.60 Å². The topological polar surface area (TPSA) is 38.7 Å². The van der Waals surface area contributed by atoms with Crippen LogP contribution in [-0.4, -0.2) is 11.5 Å². The molecule has 1 aliphatic rings. The largest absolute Gasteiger partial charge is 0.427 e. The summed E-state index contributed by atoms with van der Waals surface area (Å²) >= 11 is 0. The van der Waals surface area contributed by atoms with Gasteiger partial charge in [0.2, 0.25) is 0 Å². The van der Waals surface area contributed by atoms with Crippen LogP contribution in [0.5, 0.6) is 5.75 Å². The fraction of sp³-hybridized carbons (Fsp3) is 0.818. The minimum absolute atomic E-state index is 0.596. The highest BCUT2D eigenvalue weighted by molar-refractivity contribution is 7.41. The predicted molar refractivity (Wildman–Crippen MR) is 162 cm³/mol. The molecule has 0 aromatic heterocycles. The quantitative estimate of drug-likeness (QED) is 0.169. The van der Waals surface area contributed by atoms with Gasteiger partial charge in [-0.05, 0) is 67.7 Å². The van der Waals surface area contributed by atoms with Crippen molar-refractivity contribution in [2.24, 2.45) is 0 Å². The maximum Gasteiger partial charge on any atom is 0.394 e. The van der Waals surface area contributed by atoms with E-state index in [1.165, 1.54) is 152 Å². The van der Waals surface area contributed by atoms with Crippen molar-refractivity contribution < 1.29 is 13.9 Å². The summed E-state index contributed by atoms with van der Waals surface area (Å²) in [6.45, 7) is 5.18. The standard InChI is InChI=1S/C33H59O3P/c1-3-5-7-9-12-16-20-24-30-27-28-33-32(31(30)25-21-17-13-10-8-6-4-2)26-22-18-14-11-15-19-23-29-35-37(34)36-33/h27-28,34H,3-26,29H2,1-2H3. The molecule has 0 saturated heterocycles. The van der Waals surface area contributed by atoms with Crippen molar-refractivity contribution in [3.8, 4) is 5.75 Å². The average Bonchev–Trinajstić information content (AvgIpc) is 2.90. The summed E-state index contributed by atoms with van der Waals surface area (Å²) in [6, 6.07) is 4.44. The molecule has 4 heteroatoms. The first-order chi connectivity index (χ1) is 18.3. The molecule has 0 spiro atoms. The lowest BCUT2D eigenvalue weighted by Crippen LogP contribution is -2.06. The smallest absolute Gasteiger partial charge is 0.394 e. The van der Waals surface area contributed by atoms with Crippen molar-refractivity contribution in [3.05, 3.63) is 28.8 Å². The van der Waals surface area contributed by atoms with E-state index in [1.807, 2.05) is 0 Å². The molecule has 0 aliphatic carbocycles. The molecule has 0 bridgehead atoms. The molecule has 0 amide bonds. The fourth-order valence-corrected chi connectivity index (χ4v) is 6.37. The van der Waals surface area contributed by atoms with Gasteiger partial charge in [0, 0.05) is 0 Å². The number of rotatable bonds is 16. The SMILES string of the molecule is CCCCCCCCCc1ccc2c(c1CCCCCCCCC)CCCCCCCCCOP(O)O2. The Hall–Kier alpha value is -0.630. The van der Waals surface area contributed by atoms with Gasteiger partial charge in [0.25, 0.3) is 0 Å². The molecule has 1 N–H and O–H groups in total. The zero-order valence-corrected chi connectivity index (χ0v) is 25.4. The molecule has 1 atom stereocenters. The van der Waals surface area contributed by atoms with Crippen molar-refractivity contribution in [1.82, 2.24) is 0 Å². The van der Waals surface area contributed by atoms with Crippen molar-refractivity contribution in [2.75, 3.05) is 6.61 Å². The minimum atomic E-state index is -1.85. The summed E-state index contributed by atoms with van der Waals surface area (Å²) in [6.07, 6.45) is 30.9. The van der Waals surface area contributed by atoms with E-state index in [1.54, 1.807) is 0 Å². The maximum atomic E-state index is 10.5. The summed E-state index contributed by atoms with van der Waals surface area (Å²) in [4.78, 5) is 10.5. The molecule has 37 heavy (non-hydrogen) atoms. The second kappa shape index (κ2) is 22.2. The van der Waals surface area contributed by atoms with Gasteiger partial charge >= 0.3 is 8.60 Å². The normalized spacial score (nSPS) is 17.6. The first-order valence-corrected chi connectivity index (χ1v) is 17.3. The zero-order valence-electron chi connectivity index (χ0n) is 24.5.